The first-order chi connectivity index (χ1) is 23.4. The summed E-state index contributed by atoms with van der Waals surface area (Å²) in [5, 5.41) is 19.6. The molecule has 0 fully saturated rings. The number of hydrogen-bond acceptors (Lipinski definition) is 7. The van der Waals surface area contributed by atoms with Crippen LogP contribution in [0.4, 0.5) is 18.4 Å². The smallest absolute Gasteiger partial charge is 0.407 e. The third-order valence-electron chi connectivity index (χ3n) is 8.08. The zero-order chi connectivity index (χ0) is 35.9. The number of hydrogen-bond donors (Lipinski definition) is 4. The highest BCUT2D eigenvalue weighted by Gasteiger charge is 2.37. The van der Waals surface area contributed by atoms with Gasteiger partial charge in [-0.3, -0.25) is 0 Å². The molecule has 3 amide bonds. The summed E-state index contributed by atoms with van der Waals surface area (Å²) >= 11 is 0. The summed E-state index contributed by atoms with van der Waals surface area (Å²) in [4.78, 5) is 25.7. The average molecular weight is 707 g/mol. The Kier molecular flexibility index (Phi) is 15.5. The number of sulfonamides is 1. The standard InChI is InChI=1S/C35H48F2N4O7S/c1-4-15-41(16-5-2)49(45,46)17-14-38-33(43)40-31(20-27-18-28(36)21-29(37)19-27)32(42)23-35(13-9-12-30(22-35)47-3)25-39-34(44)48-24-26-10-7-6-8-11-26/h6-13,18-19,21,31-32,42H,4-5,14-17,20,22-25H2,1-3H3,(H,39,44)(H2,38,40,43). The lowest BCUT2D eigenvalue weighted by Gasteiger charge is -2.37. The van der Waals surface area contributed by atoms with Gasteiger partial charge in [-0.25, -0.2) is 31.1 Å². The molecule has 0 saturated carbocycles. The van der Waals surface area contributed by atoms with E-state index < -0.39 is 51.3 Å². The largest absolute Gasteiger partial charge is 0.501 e. The SMILES string of the molecule is CCCN(CCC)S(=O)(=O)CCNC(=O)NC(Cc1cc(F)cc(F)c1)C(O)CC1(CNC(=O)OCc2ccccc2)C=CC=C(OC)C1. The van der Waals surface area contributed by atoms with Crippen LogP contribution in [0.3, 0.4) is 0 Å². The maximum Gasteiger partial charge on any atom is 0.407 e. The number of methoxy groups -OCH3 is 1. The number of ether oxygens (including phenoxy) is 2. The molecule has 0 aliphatic heterocycles. The van der Waals surface area contributed by atoms with E-state index in [9.17, 15) is 31.9 Å². The number of nitrogens with zero attached hydrogens (tertiary/aromatic N) is 1. The van der Waals surface area contributed by atoms with E-state index in [1.807, 2.05) is 50.3 Å². The van der Waals surface area contributed by atoms with Crippen LogP contribution >= 0.6 is 0 Å². The van der Waals surface area contributed by atoms with E-state index in [2.05, 4.69) is 16.0 Å². The third-order valence-corrected chi connectivity index (χ3v) is 9.95. The van der Waals surface area contributed by atoms with E-state index in [1.54, 1.807) is 12.2 Å². The number of carbonyl (C=O) groups is 2. The van der Waals surface area contributed by atoms with Crippen molar-refractivity contribution in [3.8, 4) is 0 Å². The number of halogens is 2. The van der Waals surface area contributed by atoms with Gasteiger partial charge in [-0.15, -0.1) is 0 Å². The summed E-state index contributed by atoms with van der Waals surface area (Å²) in [6.07, 6.45) is 4.77. The first-order valence-corrected chi connectivity index (χ1v) is 18.0. The summed E-state index contributed by atoms with van der Waals surface area (Å²) < 4.78 is 66.1. The van der Waals surface area contributed by atoms with Crippen molar-refractivity contribution in [2.45, 2.75) is 64.7 Å². The lowest BCUT2D eigenvalue weighted by Crippen LogP contribution is -2.52. The molecule has 0 saturated heterocycles. The number of benzene rings is 2. The lowest BCUT2D eigenvalue weighted by atomic mass is 9.74. The molecule has 11 nitrogen and oxygen atoms in total. The van der Waals surface area contributed by atoms with Gasteiger partial charge in [0.1, 0.15) is 18.2 Å². The van der Waals surface area contributed by atoms with E-state index in [4.69, 9.17) is 9.47 Å². The molecule has 2 aromatic rings. The second kappa shape index (κ2) is 19.2. The van der Waals surface area contributed by atoms with Gasteiger partial charge >= 0.3 is 12.1 Å². The van der Waals surface area contributed by atoms with E-state index in [0.29, 0.717) is 31.7 Å². The summed E-state index contributed by atoms with van der Waals surface area (Å²) in [6, 6.07) is 10.3. The zero-order valence-electron chi connectivity index (χ0n) is 28.3. The van der Waals surface area contributed by atoms with E-state index >= 15 is 0 Å². The van der Waals surface area contributed by atoms with Crippen molar-refractivity contribution < 1.29 is 41.4 Å². The van der Waals surface area contributed by atoms with Gasteiger partial charge in [0.2, 0.25) is 10.0 Å². The minimum Gasteiger partial charge on any atom is -0.501 e. The quantitative estimate of drug-likeness (QED) is 0.165. The van der Waals surface area contributed by atoms with Crippen LogP contribution in [0.5, 0.6) is 0 Å². The zero-order valence-corrected chi connectivity index (χ0v) is 29.1. The normalized spacial score (nSPS) is 17.2. The molecule has 3 atom stereocenters. The molecule has 3 unspecified atom stereocenters. The third kappa shape index (κ3) is 13.1. The highest BCUT2D eigenvalue weighted by Crippen LogP contribution is 2.37. The molecule has 0 heterocycles. The molecule has 14 heteroatoms. The molecular formula is C35H48F2N4O7S. The number of carbonyl (C=O) groups excluding carboxylic acids is 2. The van der Waals surface area contributed by atoms with Crippen LogP contribution in [0.25, 0.3) is 0 Å². The van der Waals surface area contributed by atoms with Gasteiger partial charge in [-0.1, -0.05) is 56.3 Å². The van der Waals surface area contributed by atoms with Gasteiger partial charge in [0.25, 0.3) is 0 Å². The Labute approximate surface area is 287 Å². The molecule has 4 N–H and O–H groups in total. The van der Waals surface area contributed by atoms with Gasteiger partial charge < -0.3 is 30.5 Å². The Balaban J connectivity index is 1.75. The fourth-order valence-electron chi connectivity index (χ4n) is 5.68. The van der Waals surface area contributed by atoms with Crippen LogP contribution in [0.2, 0.25) is 0 Å². The molecular weight excluding hydrogens is 658 g/mol. The average Bonchev–Trinajstić information content (AvgIpc) is 3.06. The molecule has 3 rings (SSSR count). The van der Waals surface area contributed by atoms with Crippen molar-refractivity contribution >= 4 is 22.1 Å². The first-order valence-electron chi connectivity index (χ1n) is 16.4. The van der Waals surface area contributed by atoms with Crippen LogP contribution in [0.1, 0.15) is 50.7 Å². The van der Waals surface area contributed by atoms with Gasteiger partial charge in [-0.2, -0.15) is 0 Å². The maximum absolute atomic E-state index is 14.1. The van der Waals surface area contributed by atoms with Crippen LogP contribution in [0.15, 0.2) is 72.5 Å². The minimum atomic E-state index is -3.63. The van der Waals surface area contributed by atoms with Crippen molar-refractivity contribution in [3.05, 3.63) is 95.3 Å². The number of aliphatic hydroxyl groups is 1. The Bertz CT molecular complexity index is 1520. The molecule has 1 aliphatic rings. The molecule has 0 spiro atoms. The molecule has 0 bridgehead atoms. The molecule has 270 valence electrons. The fraction of sp³-hybridized carbons (Fsp3) is 0.486. The molecule has 0 radical (unpaired) electrons. The summed E-state index contributed by atoms with van der Waals surface area (Å²) in [5.41, 5.74) is 0.0978. The molecule has 2 aromatic carbocycles. The monoisotopic (exact) mass is 706 g/mol. The number of nitrogens with one attached hydrogen (secondary N) is 3. The molecule has 49 heavy (non-hydrogen) atoms. The van der Waals surface area contributed by atoms with Crippen molar-refractivity contribution in [1.82, 2.24) is 20.3 Å². The number of aliphatic hydroxyl groups excluding tert-OH is 1. The Hall–Kier alpha value is -4.01. The van der Waals surface area contributed by atoms with Crippen molar-refractivity contribution in [3.63, 3.8) is 0 Å². The van der Waals surface area contributed by atoms with Gasteiger partial charge in [0.05, 0.1) is 30.8 Å². The van der Waals surface area contributed by atoms with Crippen LogP contribution in [-0.4, -0.2) is 81.1 Å². The molecule has 0 aromatic heterocycles. The highest BCUT2D eigenvalue weighted by molar-refractivity contribution is 7.89. The second-order valence-corrected chi connectivity index (χ2v) is 14.2. The van der Waals surface area contributed by atoms with Gasteiger partial charge in [0.15, 0.2) is 0 Å². The first kappa shape index (κ1) is 39.4. The highest BCUT2D eigenvalue weighted by atomic mass is 32.2. The number of alkyl carbamates (subject to hydrolysis) is 1. The lowest BCUT2D eigenvalue weighted by molar-refractivity contribution is 0.0741. The fourth-order valence-corrected chi connectivity index (χ4v) is 7.22. The van der Waals surface area contributed by atoms with E-state index in [-0.39, 0.29) is 50.3 Å². The summed E-state index contributed by atoms with van der Waals surface area (Å²) in [7, 11) is -2.12. The topological polar surface area (TPSA) is 146 Å². The number of allylic oxidation sites excluding steroid dienone is 3. The number of amides is 3. The van der Waals surface area contributed by atoms with Crippen LogP contribution < -0.4 is 16.0 Å². The Morgan fingerprint density at radius 2 is 1.69 bits per heavy atom. The Morgan fingerprint density at radius 1 is 1.02 bits per heavy atom. The summed E-state index contributed by atoms with van der Waals surface area (Å²) in [5.74, 6) is -1.37. The maximum atomic E-state index is 14.1. The summed E-state index contributed by atoms with van der Waals surface area (Å²) in [6.45, 7) is 4.40. The molecule has 1 aliphatic carbocycles. The van der Waals surface area contributed by atoms with Crippen molar-refractivity contribution in [2.24, 2.45) is 5.41 Å². The van der Waals surface area contributed by atoms with Crippen LogP contribution in [-0.2, 0) is 32.5 Å². The number of rotatable bonds is 19. The van der Waals surface area contributed by atoms with Gasteiger partial charge in [0, 0.05) is 44.1 Å². The predicted octanol–water partition coefficient (Wildman–Crippen LogP) is 4.78. The van der Waals surface area contributed by atoms with Crippen molar-refractivity contribution in [2.75, 3.05) is 39.0 Å². The van der Waals surface area contributed by atoms with Crippen LogP contribution in [0, 0.1) is 17.0 Å². The van der Waals surface area contributed by atoms with E-state index in [1.165, 1.54) is 11.4 Å². The predicted molar refractivity (Wildman–Crippen MR) is 183 cm³/mol. The van der Waals surface area contributed by atoms with Gasteiger partial charge in [-0.05, 0) is 55.0 Å². The Morgan fingerprint density at radius 3 is 2.33 bits per heavy atom. The van der Waals surface area contributed by atoms with Crippen molar-refractivity contribution in [1.29, 1.82) is 0 Å². The van der Waals surface area contributed by atoms with E-state index in [0.717, 1.165) is 23.8 Å². The number of urea groups is 1. The second-order valence-electron chi connectivity index (χ2n) is 12.1. The minimum absolute atomic E-state index is 0.0106.